The van der Waals surface area contributed by atoms with E-state index in [1.807, 2.05) is 19.1 Å². The Hall–Kier alpha value is -0.250. The van der Waals surface area contributed by atoms with Crippen LogP contribution >= 0.6 is 22.6 Å². The molecule has 0 unspecified atom stereocenters. The van der Waals surface area contributed by atoms with Crippen molar-refractivity contribution in [3.05, 3.63) is 34.1 Å². The number of hydrogen-bond donors (Lipinski definition) is 1. The van der Waals surface area contributed by atoms with E-state index in [2.05, 4.69) is 29.2 Å². The van der Waals surface area contributed by atoms with Crippen LogP contribution in [0.1, 0.15) is 6.92 Å². The van der Waals surface area contributed by atoms with Crippen LogP contribution in [0.25, 0.3) is 0 Å². The lowest BCUT2D eigenvalue weighted by Crippen LogP contribution is -1.89. The molecule has 1 nitrogen and oxygen atoms in total. The number of halogens is 1. The lowest BCUT2D eigenvalue weighted by molar-refractivity contribution is 1.43. The molecule has 0 aromatic carbocycles. The van der Waals surface area contributed by atoms with Crippen LogP contribution < -0.4 is 5.73 Å². The van der Waals surface area contributed by atoms with Crippen LogP contribution in [-0.2, 0) is 0 Å². The summed E-state index contributed by atoms with van der Waals surface area (Å²) in [6.45, 7) is 5.52. The van der Waals surface area contributed by atoms with Crippen molar-refractivity contribution in [1.29, 1.82) is 0 Å². The first-order chi connectivity index (χ1) is 4.16. The zero-order valence-electron chi connectivity index (χ0n) is 5.39. The van der Waals surface area contributed by atoms with Crippen LogP contribution in [0.5, 0.6) is 0 Å². The van der Waals surface area contributed by atoms with Gasteiger partial charge in [-0.05, 0) is 45.2 Å². The third-order valence-corrected chi connectivity index (χ3v) is 1.10. The van der Waals surface area contributed by atoms with Crippen molar-refractivity contribution in [3.63, 3.8) is 0 Å². The molecule has 2 heteroatoms. The van der Waals surface area contributed by atoms with Gasteiger partial charge in [-0.1, -0.05) is 12.7 Å². The highest BCUT2D eigenvalue weighted by Gasteiger charge is 1.76. The number of allylic oxidation sites excluding steroid dienone is 4. The number of rotatable bonds is 2. The fraction of sp³-hybridized carbons (Fsp3) is 0.143. The normalized spacial score (nSPS) is 13.6. The Morgan fingerprint density at radius 2 is 2.11 bits per heavy atom. The molecule has 0 aliphatic carbocycles. The quantitative estimate of drug-likeness (QED) is 0.577. The first-order valence-electron chi connectivity index (χ1n) is 2.59. The molecular formula is C7H10IN. The van der Waals surface area contributed by atoms with Gasteiger partial charge in [-0.3, -0.25) is 0 Å². The van der Waals surface area contributed by atoms with Crippen molar-refractivity contribution < 1.29 is 0 Å². The summed E-state index contributed by atoms with van der Waals surface area (Å²) in [5, 5.41) is 0. The monoisotopic (exact) mass is 235 g/mol. The highest BCUT2D eigenvalue weighted by Crippen LogP contribution is 2.02. The SMILES string of the molecule is C=C/C(N)=C\C=C(/C)I. The first kappa shape index (κ1) is 8.75. The largest absolute Gasteiger partial charge is 0.399 e. The van der Waals surface area contributed by atoms with Crippen LogP contribution in [0.4, 0.5) is 0 Å². The van der Waals surface area contributed by atoms with Crippen LogP contribution in [0.3, 0.4) is 0 Å². The summed E-state index contributed by atoms with van der Waals surface area (Å²) in [6.07, 6.45) is 5.39. The molecule has 0 heterocycles. The van der Waals surface area contributed by atoms with Gasteiger partial charge in [0.15, 0.2) is 0 Å². The Morgan fingerprint density at radius 3 is 2.44 bits per heavy atom. The number of hydrogen-bond acceptors (Lipinski definition) is 1. The zero-order chi connectivity index (χ0) is 7.28. The second-order valence-electron chi connectivity index (χ2n) is 1.62. The maximum atomic E-state index is 5.42. The fourth-order valence-corrected chi connectivity index (χ4v) is 0.459. The van der Waals surface area contributed by atoms with Crippen LogP contribution in [0.2, 0.25) is 0 Å². The van der Waals surface area contributed by atoms with E-state index < -0.39 is 0 Å². The third-order valence-electron chi connectivity index (χ3n) is 0.741. The highest BCUT2D eigenvalue weighted by atomic mass is 127. The molecular weight excluding hydrogens is 225 g/mol. The van der Waals surface area contributed by atoms with Crippen molar-refractivity contribution in [3.8, 4) is 0 Å². The van der Waals surface area contributed by atoms with E-state index in [4.69, 9.17) is 5.73 Å². The maximum absolute atomic E-state index is 5.42. The van der Waals surface area contributed by atoms with Gasteiger partial charge in [0, 0.05) is 5.70 Å². The van der Waals surface area contributed by atoms with E-state index in [1.54, 1.807) is 6.08 Å². The van der Waals surface area contributed by atoms with Gasteiger partial charge in [-0.15, -0.1) is 0 Å². The summed E-state index contributed by atoms with van der Waals surface area (Å²) in [5.74, 6) is 0. The van der Waals surface area contributed by atoms with E-state index in [9.17, 15) is 0 Å². The molecule has 0 saturated heterocycles. The molecule has 0 aliphatic rings. The van der Waals surface area contributed by atoms with Crippen molar-refractivity contribution in [1.82, 2.24) is 0 Å². The molecule has 0 radical (unpaired) electrons. The molecule has 50 valence electrons. The Kier molecular flexibility index (Phi) is 4.48. The topological polar surface area (TPSA) is 26.0 Å². The van der Waals surface area contributed by atoms with Crippen molar-refractivity contribution in [2.75, 3.05) is 0 Å². The van der Waals surface area contributed by atoms with Crippen molar-refractivity contribution in [2.24, 2.45) is 5.73 Å². The second kappa shape index (κ2) is 4.61. The van der Waals surface area contributed by atoms with Gasteiger partial charge in [-0.25, -0.2) is 0 Å². The number of nitrogens with two attached hydrogens (primary N) is 1. The van der Waals surface area contributed by atoms with Gasteiger partial charge in [0.2, 0.25) is 0 Å². The summed E-state index contributed by atoms with van der Waals surface area (Å²) in [6, 6.07) is 0. The predicted octanol–water partition coefficient (Wildman–Crippen LogP) is 2.35. The summed E-state index contributed by atoms with van der Waals surface area (Å²) in [4.78, 5) is 0. The van der Waals surface area contributed by atoms with Crippen LogP contribution in [0, 0.1) is 0 Å². The van der Waals surface area contributed by atoms with E-state index in [-0.39, 0.29) is 0 Å². The maximum Gasteiger partial charge on any atom is 0.0308 e. The smallest absolute Gasteiger partial charge is 0.0308 e. The van der Waals surface area contributed by atoms with Crippen LogP contribution in [-0.4, -0.2) is 0 Å². The van der Waals surface area contributed by atoms with Gasteiger partial charge in [0.1, 0.15) is 0 Å². The summed E-state index contributed by atoms with van der Waals surface area (Å²) in [5.41, 5.74) is 6.12. The molecule has 0 aromatic rings. The Bertz CT molecular complexity index is 152. The lowest BCUT2D eigenvalue weighted by Gasteiger charge is -1.85. The molecule has 0 spiro atoms. The van der Waals surface area contributed by atoms with Gasteiger partial charge in [0.25, 0.3) is 0 Å². The molecule has 0 aliphatic heterocycles. The molecule has 0 atom stereocenters. The van der Waals surface area contributed by atoms with Gasteiger partial charge < -0.3 is 5.73 Å². The molecule has 9 heavy (non-hydrogen) atoms. The predicted molar refractivity (Wildman–Crippen MR) is 50.2 cm³/mol. The molecule has 0 rings (SSSR count). The minimum atomic E-state index is 0.700. The summed E-state index contributed by atoms with van der Waals surface area (Å²) < 4.78 is 1.21. The van der Waals surface area contributed by atoms with Gasteiger partial charge in [-0.2, -0.15) is 0 Å². The van der Waals surface area contributed by atoms with E-state index in [0.29, 0.717) is 5.70 Å². The summed E-state index contributed by atoms with van der Waals surface area (Å²) >= 11 is 2.22. The van der Waals surface area contributed by atoms with E-state index >= 15 is 0 Å². The molecule has 2 N–H and O–H groups in total. The zero-order valence-corrected chi connectivity index (χ0v) is 7.55. The minimum absolute atomic E-state index is 0.700. The van der Waals surface area contributed by atoms with Gasteiger partial charge in [0.05, 0.1) is 0 Å². The van der Waals surface area contributed by atoms with Crippen molar-refractivity contribution in [2.45, 2.75) is 6.92 Å². The Labute approximate surface area is 69.5 Å². The van der Waals surface area contributed by atoms with Gasteiger partial charge >= 0.3 is 0 Å². The highest BCUT2D eigenvalue weighted by molar-refractivity contribution is 14.1. The molecule has 0 fully saturated rings. The van der Waals surface area contributed by atoms with Crippen LogP contribution in [0.15, 0.2) is 34.1 Å². The lowest BCUT2D eigenvalue weighted by atomic mass is 10.4. The Morgan fingerprint density at radius 1 is 1.56 bits per heavy atom. The third kappa shape index (κ3) is 5.62. The standard InChI is InChI=1S/C7H10IN/c1-3-7(9)5-4-6(2)8/h3-5H,1,9H2,2H3/b6-4+,7-5+. The average Bonchev–Trinajstić information content (AvgIpc) is 1.83. The minimum Gasteiger partial charge on any atom is -0.399 e. The summed E-state index contributed by atoms with van der Waals surface area (Å²) in [7, 11) is 0. The average molecular weight is 235 g/mol. The first-order valence-corrected chi connectivity index (χ1v) is 3.66. The molecule has 0 bridgehead atoms. The second-order valence-corrected chi connectivity index (χ2v) is 3.33. The Balaban J connectivity index is 3.98. The molecule has 0 amide bonds. The fourth-order valence-electron chi connectivity index (χ4n) is 0.279. The molecule has 0 saturated carbocycles. The van der Waals surface area contributed by atoms with E-state index in [1.165, 1.54) is 3.58 Å². The van der Waals surface area contributed by atoms with E-state index in [0.717, 1.165) is 0 Å². The molecule has 0 aromatic heterocycles. The van der Waals surface area contributed by atoms with Crippen molar-refractivity contribution >= 4 is 22.6 Å².